The molecule has 1 aromatic rings. The topological polar surface area (TPSA) is 58.4 Å². The van der Waals surface area contributed by atoms with Crippen LogP contribution in [-0.2, 0) is 11.2 Å². The van der Waals surface area contributed by atoms with Crippen LogP contribution in [0.2, 0.25) is 0 Å². The number of hydrogen-bond donors (Lipinski definition) is 2. The monoisotopic (exact) mass is 205 g/mol. The van der Waals surface area contributed by atoms with Gasteiger partial charge in [0.2, 0.25) is 5.91 Å². The Hall–Kier alpha value is -1.55. The zero-order valence-corrected chi connectivity index (χ0v) is 8.79. The third kappa shape index (κ3) is 1.68. The van der Waals surface area contributed by atoms with Crippen LogP contribution in [0.25, 0.3) is 0 Å². The normalized spacial score (nSPS) is 15.1. The van der Waals surface area contributed by atoms with Gasteiger partial charge in [-0.1, -0.05) is 0 Å². The molecule has 1 aliphatic heterocycles. The van der Waals surface area contributed by atoms with E-state index in [1.807, 2.05) is 19.2 Å². The smallest absolute Gasteiger partial charge is 0.228 e. The number of nitrogens with zero attached hydrogens (tertiary/aromatic N) is 1. The van der Waals surface area contributed by atoms with Crippen LogP contribution >= 0.6 is 0 Å². The third-order valence-corrected chi connectivity index (χ3v) is 2.75. The Morgan fingerprint density at radius 3 is 2.93 bits per heavy atom. The highest BCUT2D eigenvalue weighted by Gasteiger charge is 2.22. The molecule has 0 aliphatic carbocycles. The van der Waals surface area contributed by atoms with Crippen molar-refractivity contribution in [3.05, 3.63) is 23.8 Å². The number of fused-ring (bicyclic) bond motifs is 1. The second-order valence-corrected chi connectivity index (χ2v) is 3.60. The second kappa shape index (κ2) is 3.90. The van der Waals surface area contributed by atoms with E-state index in [1.165, 1.54) is 5.56 Å². The number of benzene rings is 1. The molecular weight excluding hydrogens is 190 g/mol. The number of anilines is 2. The van der Waals surface area contributed by atoms with Crippen LogP contribution in [0.3, 0.4) is 0 Å². The summed E-state index contributed by atoms with van der Waals surface area (Å²) < 4.78 is 0. The minimum Gasteiger partial charge on any atom is -0.388 e. The minimum absolute atomic E-state index is 0.113. The summed E-state index contributed by atoms with van der Waals surface area (Å²) in [4.78, 5) is 13.2. The number of amides is 1. The Bertz CT molecular complexity index is 389. The van der Waals surface area contributed by atoms with Crippen LogP contribution in [0.1, 0.15) is 12.0 Å². The van der Waals surface area contributed by atoms with Gasteiger partial charge >= 0.3 is 0 Å². The minimum atomic E-state index is 0.113. The van der Waals surface area contributed by atoms with Crippen molar-refractivity contribution in [2.45, 2.75) is 12.8 Å². The second-order valence-electron chi connectivity index (χ2n) is 3.60. The average Bonchev–Trinajstić information content (AvgIpc) is 2.28. The average molecular weight is 205 g/mol. The SMILES string of the molecule is CNc1ccc2c(c1)CCC(=O)N2CN. The quantitative estimate of drug-likeness (QED) is 0.755. The highest BCUT2D eigenvalue weighted by atomic mass is 16.2. The molecule has 0 atom stereocenters. The Labute approximate surface area is 89.1 Å². The van der Waals surface area contributed by atoms with Gasteiger partial charge in [-0.3, -0.25) is 9.69 Å². The highest BCUT2D eigenvalue weighted by Crippen LogP contribution is 2.29. The third-order valence-electron chi connectivity index (χ3n) is 2.75. The number of aryl methyl sites for hydroxylation is 1. The lowest BCUT2D eigenvalue weighted by Gasteiger charge is -2.28. The van der Waals surface area contributed by atoms with E-state index >= 15 is 0 Å². The van der Waals surface area contributed by atoms with E-state index in [2.05, 4.69) is 11.4 Å². The number of nitrogens with two attached hydrogens (primary N) is 1. The summed E-state index contributed by atoms with van der Waals surface area (Å²) in [7, 11) is 1.89. The predicted octanol–water partition coefficient (Wildman–Crippen LogP) is 0.924. The summed E-state index contributed by atoms with van der Waals surface area (Å²) >= 11 is 0. The van der Waals surface area contributed by atoms with Crippen molar-refractivity contribution < 1.29 is 4.79 Å². The number of nitrogens with one attached hydrogen (secondary N) is 1. The maximum absolute atomic E-state index is 11.6. The van der Waals surface area contributed by atoms with Crippen molar-refractivity contribution in [3.8, 4) is 0 Å². The molecule has 0 saturated heterocycles. The van der Waals surface area contributed by atoms with Crippen molar-refractivity contribution in [1.82, 2.24) is 0 Å². The van der Waals surface area contributed by atoms with Gasteiger partial charge in [0, 0.05) is 24.8 Å². The van der Waals surface area contributed by atoms with Crippen LogP contribution in [0.4, 0.5) is 11.4 Å². The standard InChI is InChI=1S/C11H15N3O/c1-13-9-3-4-10-8(6-9)2-5-11(15)14(10)7-12/h3-4,6,13H,2,5,7,12H2,1H3. The number of carbonyl (C=O) groups is 1. The molecule has 1 aliphatic rings. The Morgan fingerprint density at radius 2 is 2.27 bits per heavy atom. The van der Waals surface area contributed by atoms with Gasteiger partial charge in [0.15, 0.2) is 0 Å². The lowest BCUT2D eigenvalue weighted by atomic mass is 10.0. The molecule has 0 radical (unpaired) electrons. The summed E-state index contributed by atoms with van der Waals surface area (Å²) in [5, 5.41) is 3.09. The molecule has 0 bridgehead atoms. The molecule has 1 heterocycles. The summed E-state index contributed by atoms with van der Waals surface area (Å²) in [6.07, 6.45) is 1.36. The highest BCUT2D eigenvalue weighted by molar-refractivity contribution is 5.96. The number of hydrogen-bond acceptors (Lipinski definition) is 3. The maximum atomic E-state index is 11.6. The summed E-state index contributed by atoms with van der Waals surface area (Å²) in [5.74, 6) is 0.113. The van der Waals surface area contributed by atoms with E-state index in [4.69, 9.17) is 5.73 Å². The fraction of sp³-hybridized carbons (Fsp3) is 0.364. The van der Waals surface area contributed by atoms with Crippen LogP contribution < -0.4 is 16.0 Å². The van der Waals surface area contributed by atoms with Crippen LogP contribution in [-0.4, -0.2) is 19.6 Å². The van der Waals surface area contributed by atoms with Crippen molar-refractivity contribution >= 4 is 17.3 Å². The van der Waals surface area contributed by atoms with Crippen molar-refractivity contribution in [2.75, 3.05) is 23.9 Å². The molecule has 0 fully saturated rings. The fourth-order valence-electron chi connectivity index (χ4n) is 1.92. The largest absolute Gasteiger partial charge is 0.388 e. The predicted molar refractivity (Wildman–Crippen MR) is 60.9 cm³/mol. The molecule has 1 amide bonds. The molecule has 0 aromatic heterocycles. The lowest BCUT2D eigenvalue weighted by Crippen LogP contribution is -2.39. The van der Waals surface area contributed by atoms with E-state index in [9.17, 15) is 4.79 Å². The van der Waals surface area contributed by atoms with Gasteiger partial charge in [0.25, 0.3) is 0 Å². The van der Waals surface area contributed by atoms with Crippen molar-refractivity contribution in [2.24, 2.45) is 5.73 Å². The maximum Gasteiger partial charge on any atom is 0.228 e. The molecule has 3 N–H and O–H groups in total. The van der Waals surface area contributed by atoms with E-state index in [1.54, 1.807) is 4.90 Å². The fourth-order valence-corrected chi connectivity index (χ4v) is 1.92. The van der Waals surface area contributed by atoms with Gasteiger partial charge in [-0.2, -0.15) is 0 Å². The molecule has 15 heavy (non-hydrogen) atoms. The number of carbonyl (C=O) groups excluding carboxylic acids is 1. The van der Waals surface area contributed by atoms with E-state index in [-0.39, 0.29) is 12.6 Å². The van der Waals surface area contributed by atoms with Gasteiger partial charge in [-0.05, 0) is 30.2 Å². The van der Waals surface area contributed by atoms with Gasteiger partial charge in [0.05, 0.1) is 6.67 Å². The van der Waals surface area contributed by atoms with E-state index in [0.29, 0.717) is 6.42 Å². The van der Waals surface area contributed by atoms with E-state index in [0.717, 1.165) is 17.8 Å². The number of rotatable bonds is 2. The van der Waals surface area contributed by atoms with Crippen LogP contribution in [0, 0.1) is 0 Å². The molecule has 4 nitrogen and oxygen atoms in total. The first-order valence-corrected chi connectivity index (χ1v) is 5.07. The summed E-state index contributed by atoms with van der Waals surface area (Å²) in [5.41, 5.74) is 8.78. The zero-order valence-electron chi connectivity index (χ0n) is 8.79. The van der Waals surface area contributed by atoms with Crippen molar-refractivity contribution in [1.29, 1.82) is 0 Å². The molecule has 4 heteroatoms. The Morgan fingerprint density at radius 1 is 1.47 bits per heavy atom. The molecule has 80 valence electrons. The zero-order chi connectivity index (χ0) is 10.8. The molecule has 1 aromatic carbocycles. The molecule has 0 saturated carbocycles. The van der Waals surface area contributed by atoms with Gasteiger partial charge < -0.3 is 11.1 Å². The van der Waals surface area contributed by atoms with Crippen molar-refractivity contribution in [3.63, 3.8) is 0 Å². The first-order chi connectivity index (χ1) is 7.26. The molecule has 2 rings (SSSR count). The molecule has 0 spiro atoms. The first-order valence-electron chi connectivity index (χ1n) is 5.07. The van der Waals surface area contributed by atoms with E-state index < -0.39 is 0 Å². The Kier molecular flexibility index (Phi) is 2.60. The molecular formula is C11H15N3O. The lowest BCUT2D eigenvalue weighted by molar-refractivity contribution is -0.118. The summed E-state index contributed by atoms with van der Waals surface area (Å²) in [6.45, 7) is 0.255. The molecule has 0 unspecified atom stereocenters. The van der Waals surface area contributed by atoms with Gasteiger partial charge in [0.1, 0.15) is 0 Å². The van der Waals surface area contributed by atoms with Crippen LogP contribution in [0.5, 0.6) is 0 Å². The Balaban J connectivity index is 2.42. The summed E-state index contributed by atoms with van der Waals surface area (Å²) in [6, 6.07) is 5.98. The van der Waals surface area contributed by atoms with Gasteiger partial charge in [-0.25, -0.2) is 0 Å². The van der Waals surface area contributed by atoms with Crippen LogP contribution in [0.15, 0.2) is 18.2 Å². The van der Waals surface area contributed by atoms with Gasteiger partial charge in [-0.15, -0.1) is 0 Å². The first kappa shape index (κ1) is 9.98.